The Morgan fingerprint density at radius 1 is 1.23 bits per heavy atom. The minimum absolute atomic E-state index is 0.328. The monoisotopic (exact) mass is 185 g/mol. The number of ether oxygens (including phenoxy) is 1. The third-order valence-corrected chi connectivity index (χ3v) is 1.02. The maximum absolute atomic E-state index is 11.0. The van der Waals surface area contributed by atoms with E-state index in [2.05, 4.69) is 5.32 Å². The molecule has 4 heteroatoms. The van der Waals surface area contributed by atoms with Gasteiger partial charge in [0.1, 0.15) is 5.60 Å². The lowest BCUT2D eigenvalue weighted by Crippen LogP contribution is -2.23. The molecule has 0 radical (unpaired) electrons. The normalized spacial score (nSPS) is 11.4. The molecule has 0 aliphatic carbocycles. The summed E-state index contributed by atoms with van der Waals surface area (Å²) in [6, 6.07) is 0. The summed E-state index contributed by atoms with van der Waals surface area (Å²) in [4.78, 5) is 21.7. The number of esters is 1. The topological polar surface area (TPSA) is 55.4 Å². The number of hydrogen-bond acceptors (Lipinski definition) is 3. The van der Waals surface area contributed by atoms with Crippen molar-refractivity contribution in [3.05, 3.63) is 12.2 Å². The van der Waals surface area contributed by atoms with Crippen LogP contribution < -0.4 is 5.32 Å². The van der Waals surface area contributed by atoms with Gasteiger partial charge in [-0.15, -0.1) is 0 Å². The summed E-state index contributed by atoms with van der Waals surface area (Å²) in [5, 5.41) is 2.35. The lowest BCUT2D eigenvalue weighted by molar-refractivity contribution is -0.148. The predicted molar refractivity (Wildman–Crippen MR) is 49.1 cm³/mol. The second-order valence-corrected chi connectivity index (χ2v) is 3.48. The van der Waals surface area contributed by atoms with Crippen molar-refractivity contribution in [2.45, 2.75) is 26.4 Å². The van der Waals surface area contributed by atoms with Gasteiger partial charge in [-0.2, -0.15) is 0 Å². The van der Waals surface area contributed by atoms with E-state index in [0.717, 1.165) is 12.2 Å². The zero-order valence-electron chi connectivity index (χ0n) is 8.38. The van der Waals surface area contributed by atoms with E-state index in [9.17, 15) is 9.59 Å². The molecule has 0 spiro atoms. The summed E-state index contributed by atoms with van der Waals surface area (Å²) in [7, 11) is 1.49. The molecule has 0 atom stereocenters. The van der Waals surface area contributed by atoms with Crippen LogP contribution >= 0.6 is 0 Å². The molecule has 0 saturated carbocycles. The molecule has 0 aromatic heterocycles. The van der Waals surface area contributed by atoms with Crippen molar-refractivity contribution in [1.82, 2.24) is 5.32 Å². The Kier molecular flexibility index (Phi) is 4.17. The molecule has 0 aliphatic rings. The Balaban J connectivity index is 4.02. The minimum atomic E-state index is -0.524. The number of likely N-dealkylation sites (N-methyl/N-ethyl adjacent to an activating group) is 1. The molecule has 1 amide bonds. The first-order valence-corrected chi connectivity index (χ1v) is 3.98. The number of hydrogen-bond donors (Lipinski definition) is 1. The molecule has 74 valence electrons. The van der Waals surface area contributed by atoms with Crippen molar-refractivity contribution in [3.8, 4) is 0 Å². The van der Waals surface area contributed by atoms with Crippen molar-refractivity contribution < 1.29 is 14.3 Å². The first-order chi connectivity index (χ1) is 5.85. The smallest absolute Gasteiger partial charge is 0.331 e. The van der Waals surface area contributed by atoms with Gasteiger partial charge in [0.2, 0.25) is 5.91 Å². The van der Waals surface area contributed by atoms with E-state index in [1.54, 1.807) is 20.8 Å². The first kappa shape index (κ1) is 11.7. The Morgan fingerprint density at radius 3 is 2.15 bits per heavy atom. The van der Waals surface area contributed by atoms with Gasteiger partial charge in [0.25, 0.3) is 0 Å². The Morgan fingerprint density at radius 2 is 1.77 bits per heavy atom. The van der Waals surface area contributed by atoms with Crippen LogP contribution in [0, 0.1) is 0 Å². The van der Waals surface area contributed by atoms with Gasteiger partial charge in [0.15, 0.2) is 0 Å². The summed E-state index contributed by atoms with van der Waals surface area (Å²) in [6.45, 7) is 5.29. The third-order valence-electron chi connectivity index (χ3n) is 1.02. The highest BCUT2D eigenvalue weighted by Gasteiger charge is 2.13. The number of nitrogens with one attached hydrogen (secondary N) is 1. The fraction of sp³-hybridized carbons (Fsp3) is 0.556. The second-order valence-electron chi connectivity index (χ2n) is 3.48. The Bertz CT molecular complexity index is 226. The Labute approximate surface area is 78.0 Å². The maximum Gasteiger partial charge on any atom is 0.331 e. The standard InChI is InChI=1S/C9H15NO3/c1-9(2,3)13-8(12)6-5-7(11)10-4/h5-6H,1-4H3,(H,10,11)/b6-5-. The predicted octanol–water partition coefficient (Wildman–Crippen LogP) is 0.630. The summed E-state index contributed by atoms with van der Waals surface area (Å²) in [5.41, 5.74) is -0.524. The number of carbonyl (C=O) groups is 2. The van der Waals surface area contributed by atoms with Crippen LogP contribution in [0.5, 0.6) is 0 Å². The first-order valence-electron chi connectivity index (χ1n) is 3.98. The van der Waals surface area contributed by atoms with Crippen molar-refractivity contribution in [3.63, 3.8) is 0 Å². The molecule has 4 nitrogen and oxygen atoms in total. The number of rotatable bonds is 2. The van der Waals surface area contributed by atoms with Gasteiger partial charge in [0, 0.05) is 19.2 Å². The lowest BCUT2D eigenvalue weighted by atomic mass is 10.2. The summed E-state index contributed by atoms with van der Waals surface area (Å²) >= 11 is 0. The molecule has 0 aromatic rings. The van der Waals surface area contributed by atoms with Crippen LogP contribution in [0.3, 0.4) is 0 Å². The zero-order valence-corrected chi connectivity index (χ0v) is 8.38. The van der Waals surface area contributed by atoms with Crippen LogP contribution in [0.4, 0.5) is 0 Å². The van der Waals surface area contributed by atoms with Gasteiger partial charge in [-0.25, -0.2) is 4.79 Å². The van der Waals surface area contributed by atoms with E-state index in [-0.39, 0.29) is 5.91 Å². The molecular formula is C9H15NO3. The third kappa shape index (κ3) is 7.05. The van der Waals surface area contributed by atoms with E-state index in [0.29, 0.717) is 0 Å². The largest absolute Gasteiger partial charge is 0.457 e. The van der Waals surface area contributed by atoms with Crippen molar-refractivity contribution in [2.75, 3.05) is 7.05 Å². The SMILES string of the molecule is CNC(=O)/C=C\C(=O)OC(C)(C)C. The van der Waals surface area contributed by atoms with Gasteiger partial charge in [-0.05, 0) is 20.8 Å². The molecular weight excluding hydrogens is 170 g/mol. The molecule has 0 saturated heterocycles. The molecule has 0 unspecified atom stereocenters. The molecule has 0 heterocycles. The highest BCUT2D eigenvalue weighted by molar-refractivity contribution is 5.94. The number of amides is 1. The van der Waals surface area contributed by atoms with Crippen LogP contribution in [-0.2, 0) is 14.3 Å². The van der Waals surface area contributed by atoms with Crippen LogP contribution in [0.25, 0.3) is 0 Å². The van der Waals surface area contributed by atoms with Crippen LogP contribution in [0.15, 0.2) is 12.2 Å². The molecule has 0 fully saturated rings. The molecule has 0 aliphatic heterocycles. The van der Waals surface area contributed by atoms with Crippen molar-refractivity contribution in [1.29, 1.82) is 0 Å². The maximum atomic E-state index is 11.0. The molecule has 0 aromatic carbocycles. The average Bonchev–Trinajstić information content (AvgIpc) is 1.97. The Hall–Kier alpha value is -1.32. The van der Waals surface area contributed by atoms with Crippen LogP contribution in [-0.4, -0.2) is 24.5 Å². The molecule has 13 heavy (non-hydrogen) atoms. The van der Waals surface area contributed by atoms with E-state index in [1.165, 1.54) is 7.05 Å². The van der Waals surface area contributed by atoms with Crippen LogP contribution in [0.1, 0.15) is 20.8 Å². The zero-order chi connectivity index (χ0) is 10.5. The average molecular weight is 185 g/mol. The highest BCUT2D eigenvalue weighted by Crippen LogP contribution is 2.06. The molecule has 0 rings (SSSR count). The van der Waals surface area contributed by atoms with Crippen LogP contribution in [0.2, 0.25) is 0 Å². The van der Waals surface area contributed by atoms with Gasteiger partial charge in [-0.3, -0.25) is 4.79 Å². The summed E-state index contributed by atoms with van der Waals surface area (Å²) in [6.07, 6.45) is 2.23. The van der Waals surface area contributed by atoms with Crippen molar-refractivity contribution >= 4 is 11.9 Å². The minimum Gasteiger partial charge on any atom is -0.457 e. The van der Waals surface area contributed by atoms with E-state index in [1.807, 2.05) is 0 Å². The van der Waals surface area contributed by atoms with Gasteiger partial charge >= 0.3 is 5.97 Å². The fourth-order valence-electron chi connectivity index (χ4n) is 0.563. The van der Waals surface area contributed by atoms with E-state index < -0.39 is 11.6 Å². The van der Waals surface area contributed by atoms with E-state index in [4.69, 9.17) is 4.74 Å². The number of carbonyl (C=O) groups excluding carboxylic acids is 2. The summed E-state index contributed by atoms with van der Waals surface area (Å²) < 4.78 is 4.93. The van der Waals surface area contributed by atoms with Gasteiger partial charge < -0.3 is 10.1 Å². The van der Waals surface area contributed by atoms with Gasteiger partial charge in [0.05, 0.1) is 0 Å². The highest BCUT2D eigenvalue weighted by atomic mass is 16.6. The molecule has 1 N–H and O–H groups in total. The second kappa shape index (κ2) is 4.64. The fourth-order valence-corrected chi connectivity index (χ4v) is 0.563. The van der Waals surface area contributed by atoms with Gasteiger partial charge in [-0.1, -0.05) is 0 Å². The quantitative estimate of drug-likeness (QED) is 0.507. The van der Waals surface area contributed by atoms with Crippen molar-refractivity contribution in [2.24, 2.45) is 0 Å². The summed E-state index contributed by atoms with van der Waals surface area (Å²) in [5.74, 6) is -0.845. The molecule has 0 bridgehead atoms. The van der Waals surface area contributed by atoms with E-state index >= 15 is 0 Å². The lowest BCUT2D eigenvalue weighted by Gasteiger charge is -2.17.